The van der Waals surface area contributed by atoms with E-state index in [1.807, 2.05) is 11.9 Å². The molecule has 0 unspecified atom stereocenters. The minimum Gasteiger partial charge on any atom is -0.477 e. The zero-order chi connectivity index (χ0) is 23.3. The number of pyridine rings is 1. The average Bonchev–Trinajstić information content (AvgIpc) is 2.71. The molecular formula is C21H21BF2N4O4. The van der Waals surface area contributed by atoms with E-state index in [0.717, 1.165) is 18.3 Å². The molecule has 4 rings (SSSR count). The van der Waals surface area contributed by atoms with Crippen LogP contribution < -0.4 is 26.8 Å². The van der Waals surface area contributed by atoms with Crippen LogP contribution in [0.15, 0.2) is 29.2 Å². The summed E-state index contributed by atoms with van der Waals surface area (Å²) in [5, 5.41) is 22.3. The van der Waals surface area contributed by atoms with Crippen LogP contribution >= 0.6 is 0 Å². The summed E-state index contributed by atoms with van der Waals surface area (Å²) in [6, 6.07) is 3.52. The highest BCUT2D eigenvalue weighted by Crippen LogP contribution is 2.29. The van der Waals surface area contributed by atoms with E-state index in [-0.39, 0.29) is 33.9 Å². The lowest BCUT2D eigenvalue weighted by Crippen LogP contribution is -2.58. The van der Waals surface area contributed by atoms with Gasteiger partial charge in [-0.05, 0) is 30.7 Å². The Balaban J connectivity index is 2.10. The first-order chi connectivity index (χ1) is 15.2. The quantitative estimate of drug-likeness (QED) is 0.317. The number of fused-ring (bicyclic) bond motifs is 1. The largest absolute Gasteiger partial charge is 0.477 e. The second kappa shape index (κ2) is 7.92. The van der Waals surface area contributed by atoms with Gasteiger partial charge in [0.2, 0.25) is 5.43 Å². The van der Waals surface area contributed by atoms with Gasteiger partial charge in [0.25, 0.3) is 0 Å². The number of aliphatic hydroxyl groups excluding tert-OH is 1. The van der Waals surface area contributed by atoms with Gasteiger partial charge < -0.3 is 30.7 Å². The second-order valence-electron chi connectivity index (χ2n) is 7.83. The summed E-state index contributed by atoms with van der Waals surface area (Å²) in [6.45, 7) is 0.552. The number of hydrogen-bond donors (Lipinski definition) is 4. The van der Waals surface area contributed by atoms with Crippen LogP contribution in [0.2, 0.25) is 0 Å². The van der Waals surface area contributed by atoms with E-state index in [1.54, 1.807) is 7.85 Å². The monoisotopic (exact) mass is 442 g/mol. The van der Waals surface area contributed by atoms with Crippen molar-refractivity contribution in [3.63, 3.8) is 0 Å². The molecule has 0 bridgehead atoms. The van der Waals surface area contributed by atoms with Crippen LogP contribution in [0, 0.1) is 11.6 Å². The molecule has 0 spiro atoms. The van der Waals surface area contributed by atoms with Crippen LogP contribution in [0.3, 0.4) is 0 Å². The molecule has 1 fully saturated rings. The fourth-order valence-corrected chi connectivity index (χ4v) is 4.18. The number of aromatic carboxylic acids is 1. The highest BCUT2D eigenvalue weighted by atomic mass is 19.1. The van der Waals surface area contributed by atoms with Gasteiger partial charge >= 0.3 is 5.97 Å². The number of carboxylic acids is 1. The van der Waals surface area contributed by atoms with Crippen LogP contribution in [-0.2, 0) is 6.61 Å². The topological polar surface area (TPSA) is 121 Å². The second-order valence-corrected chi connectivity index (χ2v) is 7.83. The van der Waals surface area contributed by atoms with E-state index in [2.05, 4.69) is 5.32 Å². The van der Waals surface area contributed by atoms with Crippen molar-refractivity contribution in [2.45, 2.75) is 12.6 Å². The Bertz CT molecular complexity index is 1320. The van der Waals surface area contributed by atoms with E-state index in [4.69, 9.17) is 5.73 Å². The molecule has 32 heavy (non-hydrogen) atoms. The molecule has 5 N–H and O–H groups in total. The Kier molecular flexibility index (Phi) is 5.39. The molecule has 0 amide bonds. The van der Waals surface area contributed by atoms with Crippen molar-refractivity contribution in [1.82, 2.24) is 9.88 Å². The molecule has 2 aromatic carbocycles. The fraction of sp³-hybridized carbons (Fsp3) is 0.238. The molecule has 1 saturated heterocycles. The molecule has 2 heterocycles. The van der Waals surface area contributed by atoms with E-state index in [0.29, 0.717) is 24.2 Å². The third-order valence-corrected chi connectivity index (χ3v) is 5.92. The number of nitrogen functional groups attached to an aromatic ring is 1. The van der Waals surface area contributed by atoms with Gasteiger partial charge in [-0.15, -0.1) is 0 Å². The van der Waals surface area contributed by atoms with E-state index in [1.165, 1.54) is 10.6 Å². The van der Waals surface area contributed by atoms with Crippen molar-refractivity contribution in [1.29, 1.82) is 0 Å². The smallest absolute Gasteiger partial charge is 0.341 e. The number of aromatic nitrogens is 1. The molecule has 0 aliphatic carbocycles. The Morgan fingerprint density at radius 2 is 1.97 bits per heavy atom. The van der Waals surface area contributed by atoms with Crippen molar-refractivity contribution in [2.75, 3.05) is 30.8 Å². The lowest BCUT2D eigenvalue weighted by atomic mass is 9.87. The molecular weight excluding hydrogens is 421 g/mol. The molecule has 0 saturated carbocycles. The van der Waals surface area contributed by atoms with Gasteiger partial charge in [0.05, 0.1) is 29.2 Å². The number of benzene rings is 2. The molecule has 1 aliphatic rings. The lowest BCUT2D eigenvalue weighted by Gasteiger charge is -2.42. The van der Waals surface area contributed by atoms with E-state index >= 15 is 4.39 Å². The normalized spacial score (nSPS) is 14.1. The van der Waals surface area contributed by atoms with Crippen molar-refractivity contribution >= 4 is 41.6 Å². The third kappa shape index (κ3) is 3.30. The summed E-state index contributed by atoms with van der Waals surface area (Å²) in [5.41, 5.74) is 5.36. The van der Waals surface area contributed by atoms with E-state index in [9.17, 15) is 24.2 Å². The maximum absolute atomic E-state index is 15.1. The Morgan fingerprint density at radius 1 is 1.28 bits per heavy atom. The molecule has 0 atom stereocenters. The molecule has 0 radical (unpaired) electrons. The predicted molar refractivity (Wildman–Crippen MR) is 120 cm³/mol. The zero-order valence-corrected chi connectivity index (χ0v) is 17.4. The van der Waals surface area contributed by atoms with Gasteiger partial charge in [-0.2, -0.15) is 0 Å². The Morgan fingerprint density at radius 3 is 2.56 bits per heavy atom. The number of halogens is 2. The van der Waals surface area contributed by atoms with Crippen LogP contribution in [-0.4, -0.2) is 54.8 Å². The summed E-state index contributed by atoms with van der Waals surface area (Å²) < 4.78 is 30.5. The average molecular weight is 442 g/mol. The number of carbonyl (C=O) groups is 1. The van der Waals surface area contributed by atoms with Crippen LogP contribution in [0.1, 0.15) is 15.9 Å². The van der Waals surface area contributed by atoms with Gasteiger partial charge in [0, 0.05) is 36.3 Å². The van der Waals surface area contributed by atoms with Gasteiger partial charge in [0.15, 0.2) is 0 Å². The number of anilines is 2. The Hall–Kier alpha value is -3.44. The predicted octanol–water partition coefficient (Wildman–Crippen LogP) is -0.292. The molecule has 8 nitrogen and oxygen atoms in total. The number of nitrogens with two attached hydrogens (primary N) is 1. The van der Waals surface area contributed by atoms with Gasteiger partial charge in [-0.3, -0.25) is 4.79 Å². The minimum atomic E-state index is -1.49. The minimum absolute atomic E-state index is 0.127. The number of nitrogens with one attached hydrogen (secondary N) is 1. The van der Waals surface area contributed by atoms with Crippen molar-refractivity contribution in [2.24, 2.45) is 0 Å². The third-order valence-electron chi connectivity index (χ3n) is 5.92. The number of nitrogens with zero attached hydrogens (tertiary/aromatic N) is 2. The summed E-state index contributed by atoms with van der Waals surface area (Å²) in [4.78, 5) is 26.4. The van der Waals surface area contributed by atoms with Crippen LogP contribution in [0.5, 0.6) is 0 Å². The number of likely N-dealkylation sites (N-methyl/N-ethyl adjacent to an activating group) is 1. The van der Waals surface area contributed by atoms with Crippen LogP contribution in [0.4, 0.5) is 20.2 Å². The fourth-order valence-electron chi connectivity index (χ4n) is 4.18. The molecule has 1 aliphatic heterocycles. The van der Waals surface area contributed by atoms with Gasteiger partial charge in [-0.25, -0.2) is 13.6 Å². The summed E-state index contributed by atoms with van der Waals surface area (Å²) in [6.07, 6.45) is 1.10. The molecule has 1 aromatic heterocycles. The first-order valence-corrected chi connectivity index (χ1v) is 9.91. The molecule has 3 aromatic rings. The lowest BCUT2D eigenvalue weighted by molar-refractivity contribution is 0.0695. The molecule has 11 heteroatoms. The van der Waals surface area contributed by atoms with Gasteiger partial charge in [0.1, 0.15) is 25.0 Å². The number of carboxylic acid groups (broad SMARTS) is 1. The maximum atomic E-state index is 15.1. The SMILES string of the molecule is Bc1c(N2CC(NC)C2)c(F)cc2c(=O)c(C(=O)O)cn(-c3cc(N)c(F)cc3CO)c12. The molecule has 166 valence electrons. The highest BCUT2D eigenvalue weighted by Gasteiger charge is 2.30. The summed E-state index contributed by atoms with van der Waals surface area (Å²) in [5.74, 6) is -2.88. The van der Waals surface area contributed by atoms with Crippen molar-refractivity contribution < 1.29 is 23.8 Å². The number of rotatable bonds is 5. The zero-order valence-electron chi connectivity index (χ0n) is 17.4. The standard InChI is InChI=1S/C21H21BF2N4O4/c1-26-10-5-27(6-10)19-14(24)3-11-18(17(19)22)28(7-12(20(11)30)21(31)32)16-4-15(25)13(23)2-9(16)8-29/h2-4,7,10,26,29H,5-6,8,22,25H2,1H3,(H,31,32). The highest BCUT2D eigenvalue weighted by molar-refractivity contribution is 6.42. The summed E-state index contributed by atoms with van der Waals surface area (Å²) >= 11 is 0. The van der Waals surface area contributed by atoms with Crippen molar-refractivity contribution in [3.05, 3.63) is 57.4 Å². The number of aliphatic hydroxyl groups is 1. The number of hydrogen-bond acceptors (Lipinski definition) is 6. The van der Waals surface area contributed by atoms with Crippen molar-refractivity contribution in [3.8, 4) is 5.69 Å². The van der Waals surface area contributed by atoms with E-state index < -0.39 is 35.2 Å². The Labute approximate surface area is 182 Å². The first kappa shape index (κ1) is 21.8. The van der Waals surface area contributed by atoms with Crippen LogP contribution in [0.25, 0.3) is 16.6 Å². The first-order valence-electron chi connectivity index (χ1n) is 9.91. The van der Waals surface area contributed by atoms with Gasteiger partial charge in [-0.1, -0.05) is 0 Å². The maximum Gasteiger partial charge on any atom is 0.341 e. The summed E-state index contributed by atoms with van der Waals surface area (Å²) in [7, 11) is 3.45.